The summed E-state index contributed by atoms with van der Waals surface area (Å²) >= 11 is 12.5. The molecule has 0 aliphatic carbocycles. The molecule has 1 saturated heterocycles. The van der Waals surface area contributed by atoms with Crippen LogP contribution >= 0.6 is 35.6 Å². The van der Waals surface area contributed by atoms with Gasteiger partial charge in [-0.2, -0.15) is 0 Å². The topological polar surface area (TPSA) is 64.1 Å². The van der Waals surface area contributed by atoms with Crippen molar-refractivity contribution >= 4 is 47.6 Å². The van der Waals surface area contributed by atoms with Gasteiger partial charge in [-0.1, -0.05) is 59.6 Å². The number of halogens is 4. The Hall–Kier alpha value is -4.60. The van der Waals surface area contributed by atoms with E-state index >= 15 is 0 Å². The molecule has 1 aromatic heterocycles. The Kier molecular flexibility index (Phi) is 14.2. The zero-order chi connectivity index (χ0) is 36.5. The van der Waals surface area contributed by atoms with Crippen molar-refractivity contribution in [2.75, 3.05) is 32.8 Å². The van der Waals surface area contributed by atoms with Crippen molar-refractivity contribution in [1.29, 1.82) is 0 Å². The summed E-state index contributed by atoms with van der Waals surface area (Å²) in [6.45, 7) is 8.22. The van der Waals surface area contributed by atoms with Crippen LogP contribution in [-0.4, -0.2) is 53.5 Å². The van der Waals surface area contributed by atoms with Gasteiger partial charge in [0, 0.05) is 56.3 Å². The van der Waals surface area contributed by atoms with E-state index in [1.165, 1.54) is 17.2 Å². The fourth-order valence-electron chi connectivity index (χ4n) is 5.78. The molecule has 1 amide bonds. The number of carbonyl (C=O) groups is 1. The first kappa shape index (κ1) is 39.6. The summed E-state index contributed by atoms with van der Waals surface area (Å²) in [4.78, 5) is 21.6. The van der Waals surface area contributed by atoms with Gasteiger partial charge in [0.25, 0.3) is 0 Å². The minimum absolute atomic E-state index is 0. The molecular formula is C42H41Cl3FN3O4. The van der Waals surface area contributed by atoms with Crippen LogP contribution in [0.2, 0.25) is 10.0 Å². The molecule has 4 aromatic carbocycles. The third kappa shape index (κ3) is 11.4. The molecule has 0 radical (unpaired) electrons. The summed E-state index contributed by atoms with van der Waals surface area (Å²) in [5.74, 6) is 1.88. The lowest BCUT2D eigenvalue weighted by Crippen LogP contribution is -2.47. The van der Waals surface area contributed by atoms with E-state index < -0.39 is 0 Å². The Morgan fingerprint density at radius 1 is 0.811 bits per heavy atom. The number of carbonyl (C=O) groups excluding carboxylic acids is 1. The molecule has 53 heavy (non-hydrogen) atoms. The molecule has 11 heteroatoms. The Morgan fingerprint density at radius 3 is 2.19 bits per heavy atom. The van der Waals surface area contributed by atoms with Crippen molar-refractivity contribution in [1.82, 2.24) is 14.8 Å². The summed E-state index contributed by atoms with van der Waals surface area (Å²) < 4.78 is 31.4. The number of benzene rings is 4. The number of piperazine rings is 1. The molecule has 0 unspecified atom stereocenters. The third-order valence-electron chi connectivity index (χ3n) is 8.81. The molecule has 2 heterocycles. The van der Waals surface area contributed by atoms with Gasteiger partial charge in [-0.25, -0.2) is 9.37 Å². The SMILES string of the molecule is Cc1ccc(COc2ccc(Oc3c(C)cc(/C=C/C(=O)N4CCN(Cc5ccc(CCOc6ccc(Cl)cc6)cc5)CC4)cc3Cl)nc2)cc1F.Cl. The van der Waals surface area contributed by atoms with E-state index in [4.69, 9.17) is 37.4 Å². The normalized spacial score (nSPS) is 13.1. The predicted molar refractivity (Wildman–Crippen MR) is 211 cm³/mol. The molecule has 0 N–H and O–H groups in total. The van der Waals surface area contributed by atoms with Crippen LogP contribution < -0.4 is 14.2 Å². The highest BCUT2D eigenvalue weighted by atomic mass is 35.5. The third-order valence-corrected chi connectivity index (χ3v) is 9.35. The molecule has 6 rings (SSSR count). The van der Waals surface area contributed by atoms with Crippen LogP contribution in [0.25, 0.3) is 6.08 Å². The average molecular weight is 777 g/mol. The Morgan fingerprint density at radius 2 is 1.51 bits per heavy atom. The molecule has 0 saturated carbocycles. The van der Waals surface area contributed by atoms with Crippen molar-refractivity contribution in [3.05, 3.63) is 153 Å². The van der Waals surface area contributed by atoms with Gasteiger partial charge in [0.05, 0.1) is 17.8 Å². The zero-order valence-electron chi connectivity index (χ0n) is 29.6. The number of ether oxygens (including phenoxy) is 3. The van der Waals surface area contributed by atoms with Gasteiger partial charge in [0.2, 0.25) is 11.8 Å². The minimum Gasteiger partial charge on any atom is -0.493 e. The van der Waals surface area contributed by atoms with Gasteiger partial charge < -0.3 is 19.1 Å². The highest BCUT2D eigenvalue weighted by Crippen LogP contribution is 2.34. The Labute approximate surface area is 326 Å². The van der Waals surface area contributed by atoms with Crippen LogP contribution in [0.1, 0.15) is 33.4 Å². The molecule has 7 nitrogen and oxygen atoms in total. The molecular weight excluding hydrogens is 736 g/mol. The fourth-order valence-corrected chi connectivity index (χ4v) is 6.22. The number of amides is 1. The van der Waals surface area contributed by atoms with Crippen LogP contribution in [0.3, 0.4) is 0 Å². The van der Waals surface area contributed by atoms with Crippen molar-refractivity contribution in [3.63, 3.8) is 0 Å². The van der Waals surface area contributed by atoms with Gasteiger partial charge in [-0.3, -0.25) is 9.69 Å². The second-order valence-electron chi connectivity index (χ2n) is 12.8. The molecule has 0 bridgehead atoms. The van der Waals surface area contributed by atoms with Gasteiger partial charge in [-0.05, 0) is 102 Å². The lowest BCUT2D eigenvalue weighted by Gasteiger charge is -2.34. The number of nitrogens with zero attached hydrogens (tertiary/aromatic N) is 3. The highest BCUT2D eigenvalue weighted by Gasteiger charge is 2.20. The maximum Gasteiger partial charge on any atom is 0.246 e. The van der Waals surface area contributed by atoms with Crippen LogP contribution in [0.15, 0.2) is 103 Å². The van der Waals surface area contributed by atoms with Crippen LogP contribution in [-0.2, 0) is 24.4 Å². The number of aromatic nitrogens is 1. The zero-order valence-corrected chi connectivity index (χ0v) is 31.9. The van der Waals surface area contributed by atoms with E-state index in [1.807, 2.05) is 48.2 Å². The van der Waals surface area contributed by atoms with Crippen LogP contribution in [0.5, 0.6) is 23.1 Å². The highest BCUT2D eigenvalue weighted by molar-refractivity contribution is 6.32. The Bertz CT molecular complexity index is 1980. The molecule has 0 spiro atoms. The van der Waals surface area contributed by atoms with Crippen LogP contribution in [0.4, 0.5) is 4.39 Å². The van der Waals surface area contributed by atoms with E-state index in [9.17, 15) is 9.18 Å². The predicted octanol–water partition coefficient (Wildman–Crippen LogP) is 9.92. The first-order valence-corrected chi connectivity index (χ1v) is 17.9. The number of rotatable bonds is 13. The summed E-state index contributed by atoms with van der Waals surface area (Å²) in [6.07, 6.45) is 5.75. The number of hydrogen-bond acceptors (Lipinski definition) is 6. The van der Waals surface area contributed by atoms with Crippen LogP contribution in [0, 0.1) is 19.7 Å². The van der Waals surface area contributed by atoms with Gasteiger partial charge in [-0.15, -0.1) is 12.4 Å². The summed E-state index contributed by atoms with van der Waals surface area (Å²) in [7, 11) is 0. The summed E-state index contributed by atoms with van der Waals surface area (Å²) in [5, 5.41) is 1.10. The lowest BCUT2D eigenvalue weighted by molar-refractivity contribution is -0.127. The first-order valence-electron chi connectivity index (χ1n) is 17.2. The fraction of sp³-hybridized carbons (Fsp3) is 0.238. The first-order chi connectivity index (χ1) is 25.2. The molecule has 1 aliphatic heterocycles. The number of aryl methyl sites for hydroxylation is 2. The number of pyridine rings is 1. The molecule has 0 atom stereocenters. The smallest absolute Gasteiger partial charge is 0.246 e. The maximum absolute atomic E-state index is 13.8. The second kappa shape index (κ2) is 18.9. The standard InChI is InChI=1S/C42H40Cl2FN3O4.ClH/c1-29-3-4-34(25-39(29)45)28-51-37-14-15-40(46-26-37)52-42-30(2)23-33(24-38(42)44)9-16-41(49)48-20-18-47(19-21-48)27-32-7-5-31(6-8-32)17-22-50-36-12-10-35(43)11-13-36;/h3-16,23-26H,17-22,27-28H2,1-2H3;1H/b16-9+;. The molecule has 276 valence electrons. The molecule has 1 aliphatic rings. The van der Waals surface area contributed by atoms with E-state index in [0.717, 1.165) is 48.5 Å². The monoisotopic (exact) mass is 775 g/mol. The van der Waals surface area contributed by atoms with E-state index in [-0.39, 0.29) is 30.7 Å². The van der Waals surface area contributed by atoms with Crippen molar-refractivity contribution in [2.24, 2.45) is 0 Å². The number of hydrogen-bond donors (Lipinski definition) is 0. The summed E-state index contributed by atoms with van der Waals surface area (Å²) in [5.41, 5.74) is 5.39. The lowest BCUT2D eigenvalue weighted by atomic mass is 10.1. The Balaban J connectivity index is 0.00000541. The second-order valence-corrected chi connectivity index (χ2v) is 13.6. The molecule has 5 aromatic rings. The molecule has 1 fully saturated rings. The van der Waals surface area contributed by atoms with Gasteiger partial charge in [0.15, 0.2) is 5.75 Å². The van der Waals surface area contributed by atoms with Gasteiger partial charge in [0.1, 0.15) is 23.9 Å². The van der Waals surface area contributed by atoms with Crippen molar-refractivity contribution in [2.45, 2.75) is 33.4 Å². The van der Waals surface area contributed by atoms with E-state index in [2.05, 4.69) is 34.1 Å². The minimum atomic E-state index is -0.263. The van der Waals surface area contributed by atoms with E-state index in [0.29, 0.717) is 52.7 Å². The average Bonchev–Trinajstić information content (AvgIpc) is 3.15. The maximum atomic E-state index is 13.8. The van der Waals surface area contributed by atoms with Crippen molar-refractivity contribution < 1.29 is 23.4 Å². The quantitative estimate of drug-likeness (QED) is 0.111. The van der Waals surface area contributed by atoms with E-state index in [1.54, 1.807) is 49.5 Å². The van der Waals surface area contributed by atoms with Crippen molar-refractivity contribution in [3.8, 4) is 23.1 Å². The summed E-state index contributed by atoms with van der Waals surface area (Å²) in [6, 6.07) is 28.2. The largest absolute Gasteiger partial charge is 0.493 e. The van der Waals surface area contributed by atoms with Gasteiger partial charge >= 0.3 is 0 Å².